The maximum absolute atomic E-state index is 4.86. The summed E-state index contributed by atoms with van der Waals surface area (Å²) in [6.45, 7) is 6.27. The number of amidine groups is 1. The van der Waals surface area contributed by atoms with Crippen LogP contribution in [0.25, 0.3) is 0 Å². The van der Waals surface area contributed by atoms with E-state index in [9.17, 15) is 0 Å². The van der Waals surface area contributed by atoms with Crippen LogP contribution in [-0.4, -0.2) is 18.6 Å². The SMILES string of the molecule is C/N=C(/Nc1ccccc1)c1cccc(/C(C)=N/c2ccccc2C)c1C. The largest absolute Gasteiger partial charge is 0.340 e. The van der Waals surface area contributed by atoms with Gasteiger partial charge in [0.25, 0.3) is 0 Å². The molecule has 0 fully saturated rings. The number of rotatable bonds is 4. The average Bonchev–Trinajstić information content (AvgIpc) is 2.69. The van der Waals surface area contributed by atoms with Gasteiger partial charge in [-0.1, -0.05) is 54.6 Å². The molecular weight excluding hydrogens is 330 g/mol. The second-order valence-electron chi connectivity index (χ2n) is 6.53. The fourth-order valence-electron chi connectivity index (χ4n) is 3.12. The van der Waals surface area contributed by atoms with Crippen LogP contribution in [0, 0.1) is 13.8 Å². The molecule has 0 unspecified atom stereocenters. The van der Waals surface area contributed by atoms with Crippen molar-refractivity contribution in [2.75, 3.05) is 12.4 Å². The number of aryl methyl sites for hydroxylation is 1. The van der Waals surface area contributed by atoms with E-state index in [2.05, 4.69) is 55.3 Å². The van der Waals surface area contributed by atoms with E-state index in [0.29, 0.717) is 0 Å². The summed E-state index contributed by atoms with van der Waals surface area (Å²) in [6.07, 6.45) is 0. The standard InChI is InChI=1S/C24H25N3/c1-17-11-8-9-16-23(17)26-19(3)21-14-10-15-22(18(21)2)24(25-4)27-20-12-6-5-7-13-20/h5-16H,1-4H3,(H,25,27)/b26-19+. The molecule has 0 heterocycles. The summed E-state index contributed by atoms with van der Waals surface area (Å²) in [5.41, 5.74) is 7.58. The molecule has 0 aromatic heterocycles. The summed E-state index contributed by atoms with van der Waals surface area (Å²) in [5.74, 6) is 0.851. The second kappa shape index (κ2) is 8.45. The highest BCUT2D eigenvalue weighted by molar-refractivity contribution is 6.11. The topological polar surface area (TPSA) is 36.8 Å². The Balaban J connectivity index is 1.97. The maximum Gasteiger partial charge on any atom is 0.132 e. The molecule has 3 nitrogen and oxygen atoms in total. The van der Waals surface area contributed by atoms with Crippen LogP contribution in [-0.2, 0) is 0 Å². The molecule has 0 amide bonds. The van der Waals surface area contributed by atoms with Crippen molar-refractivity contribution in [3.63, 3.8) is 0 Å². The van der Waals surface area contributed by atoms with E-state index in [0.717, 1.165) is 39.6 Å². The van der Waals surface area contributed by atoms with E-state index in [1.165, 1.54) is 5.56 Å². The lowest BCUT2D eigenvalue weighted by atomic mass is 9.98. The predicted molar refractivity (Wildman–Crippen MR) is 117 cm³/mol. The monoisotopic (exact) mass is 355 g/mol. The number of aliphatic imine (C=N–C) groups is 2. The van der Waals surface area contributed by atoms with Crippen molar-refractivity contribution in [2.45, 2.75) is 20.8 Å². The van der Waals surface area contributed by atoms with Gasteiger partial charge in [0.1, 0.15) is 5.84 Å². The van der Waals surface area contributed by atoms with Gasteiger partial charge in [-0.15, -0.1) is 0 Å². The van der Waals surface area contributed by atoms with E-state index in [1.807, 2.05) is 55.6 Å². The Hall–Kier alpha value is -3.20. The van der Waals surface area contributed by atoms with Crippen molar-refractivity contribution in [1.82, 2.24) is 0 Å². The number of nitrogens with zero attached hydrogens (tertiary/aromatic N) is 2. The highest BCUT2D eigenvalue weighted by atomic mass is 15.0. The quantitative estimate of drug-likeness (QED) is 0.457. The summed E-state index contributed by atoms with van der Waals surface area (Å²) in [4.78, 5) is 9.33. The van der Waals surface area contributed by atoms with Gasteiger partial charge in [0.05, 0.1) is 5.69 Å². The fourth-order valence-corrected chi connectivity index (χ4v) is 3.12. The molecular formula is C24H25N3. The van der Waals surface area contributed by atoms with Gasteiger partial charge in [0.2, 0.25) is 0 Å². The Morgan fingerprint density at radius 2 is 1.44 bits per heavy atom. The van der Waals surface area contributed by atoms with Gasteiger partial charge in [0.15, 0.2) is 0 Å². The smallest absolute Gasteiger partial charge is 0.132 e. The first-order valence-electron chi connectivity index (χ1n) is 9.10. The van der Waals surface area contributed by atoms with E-state index in [-0.39, 0.29) is 0 Å². The molecule has 3 aromatic rings. The number of benzene rings is 3. The summed E-state index contributed by atoms with van der Waals surface area (Å²) in [6, 6.07) is 24.6. The number of nitrogens with one attached hydrogen (secondary N) is 1. The Morgan fingerprint density at radius 3 is 2.15 bits per heavy atom. The lowest BCUT2D eigenvalue weighted by Crippen LogP contribution is -2.16. The third-order valence-electron chi connectivity index (χ3n) is 4.64. The van der Waals surface area contributed by atoms with Crippen LogP contribution in [0.3, 0.4) is 0 Å². The van der Waals surface area contributed by atoms with Crippen LogP contribution in [0.4, 0.5) is 11.4 Å². The minimum atomic E-state index is 0.851. The molecule has 0 radical (unpaired) electrons. The van der Waals surface area contributed by atoms with Crippen molar-refractivity contribution < 1.29 is 0 Å². The summed E-state index contributed by atoms with van der Waals surface area (Å²) in [5, 5.41) is 3.42. The van der Waals surface area contributed by atoms with Crippen molar-refractivity contribution in [2.24, 2.45) is 9.98 Å². The van der Waals surface area contributed by atoms with Crippen LogP contribution >= 0.6 is 0 Å². The zero-order valence-corrected chi connectivity index (χ0v) is 16.3. The Bertz CT molecular complexity index is 986. The van der Waals surface area contributed by atoms with E-state index in [4.69, 9.17) is 4.99 Å². The molecule has 27 heavy (non-hydrogen) atoms. The first-order chi connectivity index (χ1) is 13.1. The number of anilines is 1. The summed E-state index contributed by atoms with van der Waals surface area (Å²) >= 11 is 0. The maximum atomic E-state index is 4.86. The molecule has 3 aromatic carbocycles. The molecule has 0 saturated carbocycles. The molecule has 0 saturated heterocycles. The van der Waals surface area contributed by atoms with Crippen LogP contribution in [0.1, 0.15) is 29.2 Å². The third kappa shape index (κ3) is 4.32. The Labute approximate surface area is 161 Å². The second-order valence-corrected chi connectivity index (χ2v) is 6.53. The van der Waals surface area contributed by atoms with Crippen molar-refractivity contribution >= 4 is 22.9 Å². The van der Waals surface area contributed by atoms with Gasteiger partial charge in [-0.2, -0.15) is 0 Å². The third-order valence-corrected chi connectivity index (χ3v) is 4.64. The van der Waals surface area contributed by atoms with E-state index < -0.39 is 0 Å². The van der Waals surface area contributed by atoms with Crippen LogP contribution < -0.4 is 5.32 Å². The molecule has 136 valence electrons. The molecule has 3 rings (SSSR count). The van der Waals surface area contributed by atoms with Gasteiger partial charge >= 0.3 is 0 Å². The fraction of sp³-hybridized carbons (Fsp3) is 0.167. The lowest BCUT2D eigenvalue weighted by Gasteiger charge is -2.15. The highest BCUT2D eigenvalue weighted by Gasteiger charge is 2.12. The van der Waals surface area contributed by atoms with Crippen LogP contribution in [0.2, 0.25) is 0 Å². The lowest BCUT2D eigenvalue weighted by molar-refractivity contribution is 1.34. The van der Waals surface area contributed by atoms with E-state index in [1.54, 1.807) is 0 Å². The summed E-state index contributed by atoms with van der Waals surface area (Å²) in [7, 11) is 1.81. The first-order valence-corrected chi connectivity index (χ1v) is 9.10. The normalized spacial score (nSPS) is 12.1. The number of hydrogen-bond acceptors (Lipinski definition) is 2. The van der Waals surface area contributed by atoms with Crippen molar-refractivity contribution in [1.29, 1.82) is 0 Å². The van der Waals surface area contributed by atoms with Gasteiger partial charge in [0, 0.05) is 24.0 Å². The van der Waals surface area contributed by atoms with E-state index >= 15 is 0 Å². The van der Waals surface area contributed by atoms with Crippen molar-refractivity contribution in [3.8, 4) is 0 Å². The number of para-hydroxylation sites is 2. The van der Waals surface area contributed by atoms with Gasteiger partial charge in [-0.05, 0) is 55.7 Å². The molecule has 1 N–H and O–H groups in total. The van der Waals surface area contributed by atoms with Gasteiger partial charge in [-0.3, -0.25) is 9.98 Å². The minimum absolute atomic E-state index is 0.851. The Morgan fingerprint density at radius 1 is 0.778 bits per heavy atom. The van der Waals surface area contributed by atoms with Crippen LogP contribution in [0.5, 0.6) is 0 Å². The van der Waals surface area contributed by atoms with Crippen LogP contribution in [0.15, 0.2) is 82.8 Å². The first kappa shape index (κ1) is 18.6. The zero-order valence-electron chi connectivity index (χ0n) is 16.3. The molecule has 0 bridgehead atoms. The molecule has 0 aliphatic rings. The highest BCUT2D eigenvalue weighted by Crippen LogP contribution is 2.22. The number of hydrogen-bond donors (Lipinski definition) is 1. The zero-order chi connectivity index (χ0) is 19.2. The minimum Gasteiger partial charge on any atom is -0.340 e. The van der Waals surface area contributed by atoms with Gasteiger partial charge < -0.3 is 5.32 Å². The molecule has 0 spiro atoms. The van der Waals surface area contributed by atoms with Gasteiger partial charge in [-0.25, -0.2) is 0 Å². The molecule has 0 atom stereocenters. The molecule has 3 heteroatoms. The predicted octanol–water partition coefficient (Wildman–Crippen LogP) is 5.93. The Kier molecular flexibility index (Phi) is 5.82. The average molecular weight is 355 g/mol. The summed E-state index contributed by atoms with van der Waals surface area (Å²) < 4.78 is 0. The van der Waals surface area contributed by atoms with Crippen molar-refractivity contribution in [3.05, 3.63) is 95.1 Å². The molecule has 0 aliphatic heterocycles. The molecule has 0 aliphatic carbocycles.